The first-order valence-electron chi connectivity index (χ1n) is 4.20. The lowest BCUT2D eigenvalue weighted by molar-refractivity contribution is 0.660. The Kier molecular flexibility index (Phi) is 5.84. The summed E-state index contributed by atoms with van der Waals surface area (Å²) in [6.07, 6.45) is 2.09. The number of hydrogen-bond donors (Lipinski definition) is 2. The molecule has 0 heterocycles. The van der Waals surface area contributed by atoms with E-state index in [1.165, 1.54) is 5.71 Å². The van der Waals surface area contributed by atoms with Crippen LogP contribution in [-0.2, 0) is 0 Å². The Labute approximate surface area is 69.3 Å². The number of hydrogen-bond acceptors (Lipinski definition) is 3. The van der Waals surface area contributed by atoms with Crippen LogP contribution in [0.2, 0.25) is 0 Å². The molecule has 66 valence electrons. The van der Waals surface area contributed by atoms with Crippen LogP contribution >= 0.6 is 0 Å². The molecule has 0 aromatic heterocycles. The summed E-state index contributed by atoms with van der Waals surface area (Å²) in [4.78, 5) is 0. The van der Waals surface area contributed by atoms with Crippen molar-refractivity contribution in [3.05, 3.63) is 0 Å². The minimum atomic E-state index is 0.424. The van der Waals surface area contributed by atoms with Crippen LogP contribution in [0, 0.1) is 0 Å². The third kappa shape index (κ3) is 3.37. The monoisotopic (exact) mass is 157 g/mol. The zero-order chi connectivity index (χ0) is 8.69. The minimum Gasteiger partial charge on any atom is -0.313 e. The molecule has 0 radical (unpaired) electrons. The molecule has 0 aliphatic carbocycles. The highest BCUT2D eigenvalue weighted by atomic mass is 15.3. The molecule has 0 spiro atoms. The van der Waals surface area contributed by atoms with E-state index in [1.807, 2.05) is 14.1 Å². The van der Waals surface area contributed by atoms with Gasteiger partial charge in [0.25, 0.3) is 0 Å². The first-order chi connectivity index (χ1) is 5.29. The van der Waals surface area contributed by atoms with Crippen molar-refractivity contribution in [2.75, 3.05) is 14.1 Å². The molecule has 0 saturated heterocycles. The van der Waals surface area contributed by atoms with Crippen LogP contribution in [0.5, 0.6) is 0 Å². The Balaban J connectivity index is 4.09. The van der Waals surface area contributed by atoms with Gasteiger partial charge >= 0.3 is 0 Å². The fraction of sp³-hybridized carbons (Fsp3) is 0.875. The van der Waals surface area contributed by atoms with Crippen molar-refractivity contribution in [3.8, 4) is 0 Å². The average Bonchev–Trinajstić information content (AvgIpc) is 2.05. The third-order valence-corrected chi connectivity index (χ3v) is 1.78. The predicted octanol–water partition coefficient (Wildman–Crippen LogP) is 0.970. The molecule has 0 bridgehead atoms. The lowest BCUT2D eigenvalue weighted by Crippen LogP contribution is -2.33. The first-order valence-corrected chi connectivity index (χ1v) is 4.20. The molecule has 0 fully saturated rings. The van der Waals surface area contributed by atoms with Crippen LogP contribution in [0.4, 0.5) is 0 Å². The van der Waals surface area contributed by atoms with Crippen molar-refractivity contribution < 1.29 is 0 Å². The van der Waals surface area contributed by atoms with E-state index in [-0.39, 0.29) is 0 Å². The topological polar surface area (TPSA) is 36.4 Å². The maximum atomic E-state index is 4.19. The zero-order valence-electron chi connectivity index (χ0n) is 7.94. The molecule has 3 heteroatoms. The quantitative estimate of drug-likeness (QED) is 0.461. The average molecular weight is 157 g/mol. The van der Waals surface area contributed by atoms with Gasteiger partial charge in [0.1, 0.15) is 0 Å². The van der Waals surface area contributed by atoms with Crippen LogP contribution in [0.15, 0.2) is 5.10 Å². The largest absolute Gasteiger partial charge is 0.313 e. The van der Waals surface area contributed by atoms with Crippen molar-refractivity contribution >= 4 is 5.71 Å². The number of hydrazone groups is 1. The minimum absolute atomic E-state index is 0.424. The summed E-state index contributed by atoms with van der Waals surface area (Å²) < 4.78 is 0. The van der Waals surface area contributed by atoms with E-state index in [0.717, 1.165) is 12.8 Å². The predicted molar refractivity (Wildman–Crippen MR) is 49.9 cm³/mol. The van der Waals surface area contributed by atoms with Gasteiger partial charge in [-0.05, 0) is 19.9 Å². The zero-order valence-corrected chi connectivity index (χ0v) is 7.94. The van der Waals surface area contributed by atoms with Crippen molar-refractivity contribution in [1.82, 2.24) is 10.7 Å². The molecule has 0 aliphatic rings. The molecule has 1 unspecified atom stereocenters. The summed E-state index contributed by atoms with van der Waals surface area (Å²) in [5.74, 6) is 0. The van der Waals surface area contributed by atoms with Gasteiger partial charge in [0.2, 0.25) is 0 Å². The fourth-order valence-electron chi connectivity index (χ4n) is 1.15. The van der Waals surface area contributed by atoms with E-state index in [0.29, 0.717) is 6.04 Å². The van der Waals surface area contributed by atoms with Crippen LogP contribution in [0.25, 0.3) is 0 Å². The van der Waals surface area contributed by atoms with Crippen LogP contribution in [-0.4, -0.2) is 25.8 Å². The molecule has 2 N–H and O–H groups in total. The maximum absolute atomic E-state index is 4.19. The van der Waals surface area contributed by atoms with Gasteiger partial charge in [-0.15, -0.1) is 0 Å². The molecule has 0 aromatic rings. The standard InChI is InChI=1S/C8H19N3/c1-5-7(9-3)8(6-2)11-10-4/h7,9-10H,5-6H2,1-4H3/b11-8-. The number of nitrogens with one attached hydrogen (secondary N) is 2. The molecule has 1 atom stereocenters. The summed E-state index contributed by atoms with van der Waals surface area (Å²) in [6, 6.07) is 0.424. The van der Waals surface area contributed by atoms with E-state index >= 15 is 0 Å². The van der Waals surface area contributed by atoms with Gasteiger partial charge < -0.3 is 10.7 Å². The molecule has 0 aromatic carbocycles. The Hall–Kier alpha value is -0.570. The molecule has 0 amide bonds. The van der Waals surface area contributed by atoms with Crippen molar-refractivity contribution in [3.63, 3.8) is 0 Å². The van der Waals surface area contributed by atoms with Gasteiger partial charge in [-0.25, -0.2) is 0 Å². The summed E-state index contributed by atoms with van der Waals surface area (Å²) in [5, 5.41) is 7.41. The first kappa shape index (κ1) is 10.4. The molecular formula is C8H19N3. The van der Waals surface area contributed by atoms with Crippen molar-refractivity contribution in [2.45, 2.75) is 32.7 Å². The van der Waals surface area contributed by atoms with E-state index in [4.69, 9.17) is 0 Å². The lowest BCUT2D eigenvalue weighted by atomic mass is 10.1. The summed E-state index contributed by atoms with van der Waals surface area (Å²) in [5.41, 5.74) is 4.01. The lowest BCUT2D eigenvalue weighted by Gasteiger charge is -2.14. The van der Waals surface area contributed by atoms with Crippen LogP contribution in [0.3, 0.4) is 0 Å². The molecular weight excluding hydrogens is 138 g/mol. The Morgan fingerprint density at radius 3 is 2.27 bits per heavy atom. The van der Waals surface area contributed by atoms with E-state index in [2.05, 4.69) is 29.7 Å². The van der Waals surface area contributed by atoms with Gasteiger partial charge in [0.15, 0.2) is 0 Å². The second kappa shape index (κ2) is 6.16. The molecule has 0 aliphatic heterocycles. The number of rotatable bonds is 5. The molecule has 0 saturated carbocycles. The Morgan fingerprint density at radius 1 is 1.36 bits per heavy atom. The highest BCUT2D eigenvalue weighted by Gasteiger charge is 2.08. The van der Waals surface area contributed by atoms with Gasteiger partial charge in [-0.2, -0.15) is 5.10 Å². The highest BCUT2D eigenvalue weighted by Crippen LogP contribution is 1.97. The van der Waals surface area contributed by atoms with Gasteiger partial charge in [0, 0.05) is 13.1 Å². The fourth-order valence-corrected chi connectivity index (χ4v) is 1.15. The van der Waals surface area contributed by atoms with E-state index in [1.54, 1.807) is 0 Å². The summed E-state index contributed by atoms with van der Waals surface area (Å²) in [6.45, 7) is 4.28. The Bertz CT molecular complexity index is 117. The van der Waals surface area contributed by atoms with Gasteiger partial charge in [-0.3, -0.25) is 0 Å². The third-order valence-electron chi connectivity index (χ3n) is 1.78. The van der Waals surface area contributed by atoms with Crippen LogP contribution < -0.4 is 10.7 Å². The molecule has 3 nitrogen and oxygen atoms in total. The Morgan fingerprint density at radius 2 is 2.00 bits per heavy atom. The van der Waals surface area contributed by atoms with Crippen molar-refractivity contribution in [1.29, 1.82) is 0 Å². The SMILES string of the molecule is CC/C(=N/NC)C(CC)NC. The normalized spacial score (nSPS) is 14.7. The summed E-state index contributed by atoms with van der Waals surface area (Å²) in [7, 11) is 3.80. The highest BCUT2D eigenvalue weighted by molar-refractivity contribution is 5.89. The smallest absolute Gasteiger partial charge is 0.0544 e. The van der Waals surface area contributed by atoms with Crippen LogP contribution in [0.1, 0.15) is 26.7 Å². The second-order valence-electron chi connectivity index (χ2n) is 2.43. The number of nitrogens with zero attached hydrogens (tertiary/aromatic N) is 1. The van der Waals surface area contributed by atoms with Gasteiger partial charge in [0.05, 0.1) is 5.71 Å². The van der Waals surface area contributed by atoms with Gasteiger partial charge in [-0.1, -0.05) is 13.8 Å². The summed E-state index contributed by atoms with van der Waals surface area (Å²) >= 11 is 0. The molecule has 0 rings (SSSR count). The second-order valence-corrected chi connectivity index (χ2v) is 2.43. The van der Waals surface area contributed by atoms with Crippen molar-refractivity contribution in [2.24, 2.45) is 5.10 Å². The van der Waals surface area contributed by atoms with E-state index in [9.17, 15) is 0 Å². The van der Waals surface area contributed by atoms with E-state index < -0.39 is 0 Å². The molecule has 11 heavy (non-hydrogen) atoms. The maximum Gasteiger partial charge on any atom is 0.0544 e.